The molecule has 3 saturated heterocycles. The molecule has 5 aromatic rings. The number of nitrogens with two attached hydrogens (primary N) is 1. The van der Waals surface area contributed by atoms with Gasteiger partial charge in [0, 0.05) is 30.9 Å². The largest absolute Gasteiger partial charge is 0.491 e. The van der Waals surface area contributed by atoms with Crippen molar-refractivity contribution >= 4 is 51.8 Å². The van der Waals surface area contributed by atoms with Gasteiger partial charge in [-0.3, -0.25) is 9.59 Å². The van der Waals surface area contributed by atoms with Crippen LogP contribution in [0.4, 0.5) is 24.1 Å². The molecular weight excluding hydrogens is 829 g/mol. The number of aromatic nitrogens is 4. The Kier molecular flexibility index (Phi) is 12.4. The maximum Gasteiger partial charge on any atom is 0.407 e. The molecule has 5 heterocycles. The minimum absolute atomic E-state index is 0.175. The second kappa shape index (κ2) is 18.0. The summed E-state index contributed by atoms with van der Waals surface area (Å²) < 4.78 is 46.1. The zero-order chi connectivity index (χ0) is 45.6. The highest BCUT2D eigenvalue weighted by Gasteiger charge is 2.41. The number of fused-ring (bicyclic) bond motifs is 2. The maximum absolute atomic E-state index is 15.5. The third-order valence-corrected chi connectivity index (χ3v) is 12.9. The smallest absolute Gasteiger partial charge is 0.407 e. The number of hydrogen-bond donors (Lipinski definition) is 4. The quantitative estimate of drug-likeness (QED) is 0.0965. The van der Waals surface area contributed by atoms with Crippen LogP contribution in [0.2, 0.25) is 0 Å². The van der Waals surface area contributed by atoms with Gasteiger partial charge in [0.25, 0.3) is 5.91 Å². The van der Waals surface area contributed by atoms with Gasteiger partial charge in [-0.05, 0) is 85.8 Å². The van der Waals surface area contributed by atoms with Crippen LogP contribution >= 0.6 is 0 Å². The van der Waals surface area contributed by atoms with Crippen molar-refractivity contribution in [2.75, 3.05) is 32.2 Å². The molecule has 0 bridgehead atoms. The number of anilines is 1. The number of carbonyl (C=O) groups excluding carboxylic acids is 4. The Labute approximate surface area is 369 Å². The lowest BCUT2D eigenvalue weighted by atomic mass is 10.0. The van der Waals surface area contributed by atoms with Crippen LogP contribution < -0.4 is 20.7 Å². The minimum Gasteiger partial charge on any atom is -0.491 e. The van der Waals surface area contributed by atoms with E-state index in [-0.39, 0.29) is 47.8 Å². The van der Waals surface area contributed by atoms with E-state index in [1.165, 1.54) is 26.4 Å². The third kappa shape index (κ3) is 8.36. The Morgan fingerprint density at radius 1 is 0.734 bits per heavy atom. The number of primary amides is 1. The number of alkyl carbamates (subject to hydrolysis) is 1. The molecule has 0 aliphatic carbocycles. The van der Waals surface area contributed by atoms with Crippen LogP contribution in [-0.4, -0.2) is 93.2 Å². The van der Waals surface area contributed by atoms with E-state index < -0.39 is 41.7 Å². The topological polar surface area (TPSA) is 201 Å². The van der Waals surface area contributed by atoms with E-state index in [4.69, 9.17) is 29.9 Å². The number of halogens is 2. The Morgan fingerprint density at radius 2 is 1.25 bits per heavy atom. The Hall–Kier alpha value is -6.46. The number of methoxy groups -OCH3 is 2. The fourth-order valence-corrected chi connectivity index (χ4v) is 9.80. The van der Waals surface area contributed by atoms with Gasteiger partial charge in [-0.25, -0.2) is 28.3 Å². The summed E-state index contributed by atoms with van der Waals surface area (Å²) in [4.78, 5) is 73.6. The first-order valence-corrected chi connectivity index (χ1v) is 21.9. The number of H-pyrrole nitrogens is 2. The molecule has 3 aliphatic rings. The van der Waals surface area contributed by atoms with E-state index in [0.29, 0.717) is 67.1 Å². The van der Waals surface area contributed by atoms with Crippen LogP contribution in [0.5, 0.6) is 5.75 Å². The molecule has 4 amide bonds. The Balaban J connectivity index is 1.10. The fraction of sp³-hybridized carbons (Fsp3) is 0.478. The summed E-state index contributed by atoms with van der Waals surface area (Å²) in [5, 5.41) is 2.69. The molecule has 0 saturated carbocycles. The molecule has 8 rings (SSSR count). The van der Waals surface area contributed by atoms with Crippen LogP contribution in [0.1, 0.15) is 113 Å². The van der Waals surface area contributed by atoms with Crippen LogP contribution in [0, 0.1) is 23.5 Å². The van der Waals surface area contributed by atoms with Crippen molar-refractivity contribution in [1.29, 1.82) is 0 Å². The van der Waals surface area contributed by atoms with Gasteiger partial charge in [-0.15, -0.1) is 0 Å². The van der Waals surface area contributed by atoms with Crippen molar-refractivity contribution in [1.82, 2.24) is 35.1 Å². The predicted molar refractivity (Wildman–Crippen MR) is 233 cm³/mol. The zero-order valence-corrected chi connectivity index (χ0v) is 36.8. The van der Waals surface area contributed by atoms with Crippen molar-refractivity contribution in [2.45, 2.75) is 103 Å². The first kappa shape index (κ1) is 44.2. The number of rotatable bonds is 12. The van der Waals surface area contributed by atoms with E-state index >= 15 is 8.78 Å². The molecule has 6 atom stereocenters. The fourth-order valence-electron chi connectivity index (χ4n) is 9.80. The van der Waals surface area contributed by atoms with Crippen molar-refractivity contribution in [3.8, 4) is 5.75 Å². The van der Waals surface area contributed by atoms with Crippen LogP contribution in [-0.2, 0) is 19.1 Å². The molecule has 3 aromatic carbocycles. The molecule has 0 unspecified atom stereocenters. The second-order valence-corrected chi connectivity index (χ2v) is 17.6. The number of aromatic amines is 2. The van der Waals surface area contributed by atoms with Crippen molar-refractivity contribution in [3.05, 3.63) is 82.9 Å². The zero-order valence-electron chi connectivity index (χ0n) is 36.8. The number of likely N-dealkylation sites (tertiary alicyclic amines) is 2. The Bertz CT molecular complexity index is 2560. The number of nitrogens with zero attached hydrogens (tertiary/aromatic N) is 5. The number of ether oxygens (including phenoxy) is 3. The van der Waals surface area contributed by atoms with E-state index in [1.807, 2.05) is 55.1 Å². The van der Waals surface area contributed by atoms with Gasteiger partial charge >= 0.3 is 12.2 Å². The molecular formula is C46H55F2N9O7. The third-order valence-electron chi connectivity index (χ3n) is 12.9. The first-order chi connectivity index (χ1) is 30.7. The molecule has 0 radical (unpaired) electrons. The molecule has 5 N–H and O–H groups in total. The lowest BCUT2D eigenvalue weighted by Gasteiger charge is -2.33. The van der Waals surface area contributed by atoms with Crippen molar-refractivity contribution in [3.63, 3.8) is 0 Å². The molecule has 2 aromatic heterocycles. The molecule has 18 heteroatoms. The van der Waals surface area contributed by atoms with E-state index in [0.717, 1.165) is 35.0 Å². The summed E-state index contributed by atoms with van der Waals surface area (Å²) in [5.41, 5.74) is 10.3. The second-order valence-electron chi connectivity index (χ2n) is 17.6. The van der Waals surface area contributed by atoms with Crippen molar-refractivity contribution in [2.24, 2.45) is 17.6 Å². The summed E-state index contributed by atoms with van der Waals surface area (Å²) in [6.07, 6.45) is 1.46. The average Bonchev–Trinajstić information content (AvgIpc) is 4.11. The maximum atomic E-state index is 15.5. The lowest BCUT2D eigenvalue weighted by molar-refractivity contribution is -0.143. The summed E-state index contributed by atoms with van der Waals surface area (Å²) in [6, 6.07) is 12.3. The van der Waals surface area contributed by atoms with Gasteiger partial charge in [-0.2, -0.15) is 0 Å². The molecule has 3 fully saturated rings. The number of nitrogens with one attached hydrogen (secondary N) is 3. The highest BCUT2D eigenvalue weighted by Crippen LogP contribution is 2.49. The molecule has 64 heavy (non-hydrogen) atoms. The number of amides is 4. The van der Waals surface area contributed by atoms with Gasteiger partial charge in [0.05, 0.1) is 60.5 Å². The number of carbonyl (C=O) groups is 4. The first-order valence-electron chi connectivity index (χ1n) is 21.9. The molecule has 3 aliphatic heterocycles. The van der Waals surface area contributed by atoms with E-state index in [2.05, 4.69) is 15.3 Å². The summed E-state index contributed by atoms with van der Waals surface area (Å²) in [7, 11) is 2.49. The van der Waals surface area contributed by atoms with Gasteiger partial charge < -0.3 is 49.9 Å². The van der Waals surface area contributed by atoms with Crippen LogP contribution in [0.15, 0.2) is 48.5 Å². The molecule has 16 nitrogen and oxygen atoms in total. The number of hydrogen-bond acceptors (Lipinski definition) is 10. The van der Waals surface area contributed by atoms with E-state index in [9.17, 15) is 19.2 Å². The molecule has 340 valence electrons. The lowest BCUT2D eigenvalue weighted by Crippen LogP contribution is -2.51. The summed E-state index contributed by atoms with van der Waals surface area (Å²) >= 11 is 0. The van der Waals surface area contributed by atoms with Crippen LogP contribution in [0.3, 0.4) is 0 Å². The highest BCUT2D eigenvalue weighted by atomic mass is 19.1. The minimum atomic E-state index is -1.02. The van der Waals surface area contributed by atoms with E-state index in [1.54, 1.807) is 23.6 Å². The normalized spacial score (nSPS) is 21.0. The molecule has 0 spiro atoms. The predicted octanol–water partition coefficient (Wildman–Crippen LogP) is 7.64. The SMILES string of the molecule is COC(=O)N[C@H](C(=O)N1CCC[C@H]1c1nc2cc([C@H]3CC[C@H](c4ccc5[nH]c([C@@H]6CCCN6C(=O)[C@@H](OC(N)=O)C(C)C)nc5c4)N3c3cc(F)c(OC)c(F)c3)ccc2[nH]1)C(C)C. The summed E-state index contributed by atoms with van der Waals surface area (Å²) in [5.74, 6) is -1.87. The van der Waals surface area contributed by atoms with Gasteiger partial charge in [-0.1, -0.05) is 39.8 Å². The number of benzene rings is 3. The average molecular weight is 884 g/mol. The highest BCUT2D eigenvalue weighted by molar-refractivity contribution is 5.87. The van der Waals surface area contributed by atoms with Crippen LogP contribution in [0.25, 0.3) is 22.1 Å². The standard InChI is InChI=1S/C46H55F2N9O7/c1-23(2)38(54-46(61)63-6)43(58)55-17-7-9-36(55)41-50-30-13-11-25(19-32(30)52-41)34-15-16-35(57(34)27-21-28(47)40(62-5)29(48)22-27)26-12-14-31-33(20-26)53-42(51-31)37-10-8-18-56(37)44(59)39(24(3)4)64-45(49)60/h11-14,19-24,34-39H,7-10,15-18H2,1-6H3,(H2,49,60)(H,50,52)(H,51,53)(H,54,61)/t34-,35-,36+,37+,38+,39+/m1/s1. The van der Waals surface area contributed by atoms with Gasteiger partial charge in [0.1, 0.15) is 17.7 Å². The number of imidazole rings is 2. The monoisotopic (exact) mass is 883 g/mol. The summed E-state index contributed by atoms with van der Waals surface area (Å²) in [6.45, 7) is 8.32. The van der Waals surface area contributed by atoms with Gasteiger partial charge in [0.2, 0.25) is 5.91 Å². The Morgan fingerprint density at radius 3 is 1.70 bits per heavy atom. The van der Waals surface area contributed by atoms with Crippen molar-refractivity contribution < 1.29 is 42.2 Å². The van der Waals surface area contributed by atoms with Gasteiger partial charge in [0.15, 0.2) is 23.5 Å².